The number of carbonyl (C=O) groups is 1. The molecule has 2 heterocycles. The van der Waals surface area contributed by atoms with Gasteiger partial charge in [0.1, 0.15) is 11.8 Å². The van der Waals surface area contributed by atoms with E-state index in [9.17, 15) is 4.79 Å². The summed E-state index contributed by atoms with van der Waals surface area (Å²) in [4.78, 5) is 13.9. The van der Waals surface area contributed by atoms with Crippen molar-refractivity contribution in [2.75, 3.05) is 13.2 Å². The Morgan fingerprint density at radius 2 is 2.30 bits per heavy atom. The van der Waals surface area contributed by atoms with Crippen LogP contribution in [0.3, 0.4) is 0 Å². The molecule has 1 fully saturated rings. The number of rotatable bonds is 3. The number of ether oxygens (including phenoxy) is 1. The lowest BCUT2D eigenvalue weighted by Gasteiger charge is -2.28. The Bertz CT molecular complexity index is 464. The van der Waals surface area contributed by atoms with Gasteiger partial charge in [-0.15, -0.1) is 0 Å². The first-order chi connectivity index (χ1) is 9.40. The summed E-state index contributed by atoms with van der Waals surface area (Å²) in [5.74, 6) is 0. The second-order valence-electron chi connectivity index (χ2n) is 6.10. The molecule has 1 amide bonds. The smallest absolute Gasteiger partial charge is 0.411 e. The number of hydrogen-bond acceptors (Lipinski definition) is 4. The summed E-state index contributed by atoms with van der Waals surface area (Å²) >= 11 is 0. The zero-order valence-electron chi connectivity index (χ0n) is 12.4. The summed E-state index contributed by atoms with van der Waals surface area (Å²) in [6.45, 7) is 6.39. The Kier molecular flexibility index (Phi) is 4.32. The number of likely N-dealkylation sites (tertiary alicyclic amines) is 1. The second kappa shape index (κ2) is 5.83. The fourth-order valence-corrected chi connectivity index (χ4v) is 2.36. The van der Waals surface area contributed by atoms with Crippen molar-refractivity contribution in [3.8, 4) is 0 Å². The number of amides is 1. The fraction of sp³-hybridized carbons (Fsp3) is 0.714. The maximum Gasteiger partial charge on any atom is 0.411 e. The first-order valence-corrected chi connectivity index (χ1v) is 7.04. The molecule has 1 saturated heterocycles. The molecule has 1 unspecified atom stereocenters. The van der Waals surface area contributed by atoms with Crippen LogP contribution in [0.4, 0.5) is 4.79 Å². The predicted octanol–water partition coefficient (Wildman–Crippen LogP) is 1.95. The zero-order valence-corrected chi connectivity index (χ0v) is 12.4. The van der Waals surface area contributed by atoms with Gasteiger partial charge in [0.05, 0.1) is 6.20 Å². The van der Waals surface area contributed by atoms with E-state index in [-0.39, 0.29) is 18.9 Å². The van der Waals surface area contributed by atoms with E-state index < -0.39 is 5.60 Å². The van der Waals surface area contributed by atoms with Crippen LogP contribution in [0.5, 0.6) is 0 Å². The molecule has 1 aliphatic heterocycles. The van der Waals surface area contributed by atoms with Crippen LogP contribution in [-0.4, -0.2) is 44.6 Å². The van der Waals surface area contributed by atoms with Crippen LogP contribution in [0.25, 0.3) is 0 Å². The van der Waals surface area contributed by atoms with Gasteiger partial charge in [0, 0.05) is 19.3 Å². The highest BCUT2D eigenvalue weighted by molar-refractivity contribution is 5.68. The van der Waals surface area contributed by atoms with Crippen molar-refractivity contribution in [1.29, 1.82) is 0 Å². The number of aliphatic hydroxyl groups is 1. The predicted molar refractivity (Wildman–Crippen MR) is 74.2 cm³/mol. The highest BCUT2D eigenvalue weighted by atomic mass is 16.6. The topological polar surface area (TPSA) is 67.6 Å². The van der Waals surface area contributed by atoms with E-state index in [1.807, 2.05) is 27.0 Å². The molecule has 0 spiro atoms. The van der Waals surface area contributed by atoms with Gasteiger partial charge in [0.2, 0.25) is 0 Å². The molecule has 20 heavy (non-hydrogen) atoms. The Morgan fingerprint density at radius 1 is 1.55 bits per heavy atom. The maximum atomic E-state index is 12.2. The van der Waals surface area contributed by atoms with Gasteiger partial charge in [-0.1, -0.05) is 0 Å². The van der Waals surface area contributed by atoms with Gasteiger partial charge in [-0.05, 0) is 45.6 Å². The number of carbonyl (C=O) groups excluding carboxylic acids is 1. The minimum Gasteiger partial charge on any atom is -0.444 e. The van der Waals surface area contributed by atoms with E-state index in [0.29, 0.717) is 13.0 Å². The van der Waals surface area contributed by atoms with Gasteiger partial charge in [0.25, 0.3) is 0 Å². The van der Waals surface area contributed by atoms with Crippen molar-refractivity contribution in [1.82, 2.24) is 14.7 Å². The highest BCUT2D eigenvalue weighted by Gasteiger charge is 2.33. The van der Waals surface area contributed by atoms with E-state index in [4.69, 9.17) is 9.84 Å². The molecule has 0 aliphatic carbocycles. The molecule has 112 valence electrons. The normalized spacial score (nSPS) is 19.4. The minimum absolute atomic E-state index is 0.0858. The standard InChI is InChI=1S/C14H23N3O3/c1-14(2,3)20-13(19)16-7-4-5-12(16)17-10-11(6-8-18)9-15-17/h9-10,12,18H,4-8H2,1-3H3. The highest BCUT2D eigenvalue weighted by Crippen LogP contribution is 2.28. The Balaban J connectivity index is 2.08. The average molecular weight is 281 g/mol. The van der Waals surface area contributed by atoms with Gasteiger partial charge in [-0.2, -0.15) is 5.10 Å². The second-order valence-corrected chi connectivity index (χ2v) is 6.10. The monoisotopic (exact) mass is 281 g/mol. The van der Waals surface area contributed by atoms with Crippen molar-refractivity contribution in [2.45, 2.75) is 51.8 Å². The van der Waals surface area contributed by atoms with Crippen LogP contribution in [0.1, 0.15) is 45.3 Å². The summed E-state index contributed by atoms with van der Waals surface area (Å²) in [5.41, 5.74) is 0.486. The number of nitrogens with zero attached hydrogens (tertiary/aromatic N) is 3. The number of aromatic nitrogens is 2. The molecule has 0 bridgehead atoms. The number of aliphatic hydroxyl groups excluding tert-OH is 1. The molecule has 6 nitrogen and oxygen atoms in total. The van der Waals surface area contributed by atoms with E-state index in [2.05, 4.69) is 5.10 Å². The molecule has 1 aromatic heterocycles. The molecular formula is C14H23N3O3. The summed E-state index contributed by atoms with van der Waals surface area (Å²) in [7, 11) is 0. The SMILES string of the molecule is CC(C)(C)OC(=O)N1CCCC1n1cc(CCO)cn1. The van der Waals surface area contributed by atoms with Crippen LogP contribution < -0.4 is 0 Å². The summed E-state index contributed by atoms with van der Waals surface area (Å²) in [6, 6.07) is 0. The van der Waals surface area contributed by atoms with Crippen molar-refractivity contribution in [3.63, 3.8) is 0 Å². The van der Waals surface area contributed by atoms with Crippen molar-refractivity contribution in [3.05, 3.63) is 18.0 Å². The molecule has 1 aromatic rings. The quantitative estimate of drug-likeness (QED) is 0.919. The Hall–Kier alpha value is -1.56. The molecule has 1 aliphatic rings. The zero-order chi connectivity index (χ0) is 14.8. The Morgan fingerprint density at radius 3 is 2.95 bits per heavy atom. The fourth-order valence-electron chi connectivity index (χ4n) is 2.36. The Labute approximate surface area is 119 Å². The van der Waals surface area contributed by atoms with Gasteiger partial charge in [0.15, 0.2) is 0 Å². The first-order valence-electron chi connectivity index (χ1n) is 7.04. The molecule has 2 rings (SSSR count). The molecule has 0 aromatic carbocycles. The number of hydrogen-bond donors (Lipinski definition) is 1. The van der Waals surface area contributed by atoms with Crippen molar-refractivity contribution in [2.24, 2.45) is 0 Å². The maximum absolute atomic E-state index is 12.2. The molecule has 1 N–H and O–H groups in total. The van der Waals surface area contributed by atoms with E-state index in [0.717, 1.165) is 18.4 Å². The van der Waals surface area contributed by atoms with Crippen LogP contribution in [0.15, 0.2) is 12.4 Å². The first kappa shape index (κ1) is 14.8. The average Bonchev–Trinajstić information content (AvgIpc) is 2.93. The molecule has 1 atom stereocenters. The van der Waals surface area contributed by atoms with E-state index >= 15 is 0 Å². The van der Waals surface area contributed by atoms with Gasteiger partial charge in [-0.3, -0.25) is 4.90 Å². The summed E-state index contributed by atoms with van der Waals surface area (Å²) in [6.07, 6.45) is 5.65. The molecule has 6 heteroatoms. The van der Waals surface area contributed by atoms with Gasteiger partial charge >= 0.3 is 6.09 Å². The third-order valence-electron chi connectivity index (χ3n) is 3.21. The van der Waals surface area contributed by atoms with Gasteiger partial charge < -0.3 is 9.84 Å². The third-order valence-corrected chi connectivity index (χ3v) is 3.21. The summed E-state index contributed by atoms with van der Waals surface area (Å²) < 4.78 is 7.23. The van der Waals surface area contributed by atoms with Crippen molar-refractivity contribution >= 4 is 6.09 Å². The molecule has 0 radical (unpaired) electrons. The van der Waals surface area contributed by atoms with Crippen LogP contribution in [0.2, 0.25) is 0 Å². The van der Waals surface area contributed by atoms with E-state index in [1.165, 1.54) is 0 Å². The van der Waals surface area contributed by atoms with Crippen LogP contribution in [-0.2, 0) is 11.2 Å². The van der Waals surface area contributed by atoms with Crippen molar-refractivity contribution < 1.29 is 14.6 Å². The molecule has 0 saturated carbocycles. The largest absolute Gasteiger partial charge is 0.444 e. The lowest BCUT2D eigenvalue weighted by molar-refractivity contribution is 0.0149. The van der Waals surface area contributed by atoms with E-state index in [1.54, 1.807) is 15.8 Å². The van der Waals surface area contributed by atoms with Crippen LogP contribution in [0, 0.1) is 0 Å². The lowest BCUT2D eigenvalue weighted by Crippen LogP contribution is -2.38. The summed E-state index contributed by atoms with van der Waals surface area (Å²) in [5, 5.41) is 13.2. The third kappa shape index (κ3) is 3.50. The lowest BCUT2D eigenvalue weighted by atomic mass is 10.2. The van der Waals surface area contributed by atoms with Crippen LogP contribution >= 0.6 is 0 Å². The minimum atomic E-state index is -0.490. The molecular weight excluding hydrogens is 258 g/mol. The van der Waals surface area contributed by atoms with Gasteiger partial charge in [-0.25, -0.2) is 9.48 Å².